The van der Waals surface area contributed by atoms with E-state index in [2.05, 4.69) is 0 Å². The van der Waals surface area contributed by atoms with Crippen molar-refractivity contribution < 1.29 is 19.1 Å². The fraction of sp³-hybridized carbons (Fsp3) is 0.654. The Morgan fingerprint density at radius 2 is 1.70 bits per heavy atom. The Kier molecular flexibility index (Phi) is 5.29. The van der Waals surface area contributed by atoms with Crippen LogP contribution in [0, 0.1) is 23.2 Å². The molecule has 6 nitrogen and oxygen atoms in total. The van der Waals surface area contributed by atoms with E-state index in [0.717, 1.165) is 32.1 Å². The Morgan fingerprint density at radius 3 is 2.27 bits per heavy atom. The normalized spacial score (nSPS) is 37.2. The number of imide groups is 1. The van der Waals surface area contributed by atoms with Crippen LogP contribution in [0.2, 0.25) is 5.02 Å². The lowest BCUT2D eigenvalue weighted by molar-refractivity contribution is -0.163. The van der Waals surface area contributed by atoms with Gasteiger partial charge in [-0.15, -0.1) is 0 Å². The molecule has 6 fully saturated rings. The molecule has 176 valence electrons. The van der Waals surface area contributed by atoms with Gasteiger partial charge in [-0.25, -0.2) is 4.90 Å². The van der Waals surface area contributed by atoms with Gasteiger partial charge in [0.05, 0.1) is 23.6 Å². The summed E-state index contributed by atoms with van der Waals surface area (Å²) in [5.74, 6) is 1.44. The van der Waals surface area contributed by atoms with Gasteiger partial charge in [-0.3, -0.25) is 14.4 Å². The van der Waals surface area contributed by atoms with E-state index >= 15 is 0 Å². The van der Waals surface area contributed by atoms with Crippen molar-refractivity contribution in [2.24, 2.45) is 23.2 Å². The molecule has 6 aliphatic rings. The molecule has 4 saturated carbocycles. The Hall–Kier alpha value is -1.92. The minimum absolute atomic E-state index is 0.0340. The van der Waals surface area contributed by atoms with E-state index in [9.17, 15) is 14.4 Å². The van der Waals surface area contributed by atoms with E-state index in [0.29, 0.717) is 41.6 Å². The lowest BCUT2D eigenvalue weighted by Gasteiger charge is -2.57. The van der Waals surface area contributed by atoms with Gasteiger partial charge < -0.3 is 9.64 Å². The standard InChI is InChI=1S/C26H31ClN2O4/c27-19-3-5-20(6-4-19)29-23(30)11-22(24(29)31)28(15-21-2-1-7-33-21)25(32)26-12-16-8-17(13-26)10-18(9-16)14-26/h3-6,16-18,21-22H,1-2,7-15H2. The van der Waals surface area contributed by atoms with Crippen molar-refractivity contribution in [3.8, 4) is 0 Å². The summed E-state index contributed by atoms with van der Waals surface area (Å²) in [6.45, 7) is 1.09. The zero-order chi connectivity index (χ0) is 22.7. The van der Waals surface area contributed by atoms with Crippen LogP contribution in [0.3, 0.4) is 0 Å². The van der Waals surface area contributed by atoms with Crippen LogP contribution < -0.4 is 4.90 Å². The average molecular weight is 471 g/mol. The summed E-state index contributed by atoms with van der Waals surface area (Å²) >= 11 is 6.00. The molecule has 0 N–H and O–H groups in total. The van der Waals surface area contributed by atoms with Gasteiger partial charge in [0.25, 0.3) is 5.91 Å². The number of ether oxygens (including phenoxy) is 1. The second-order valence-electron chi connectivity index (χ2n) is 11.1. The molecule has 0 aromatic heterocycles. The third-order valence-corrected chi connectivity index (χ3v) is 9.01. The molecule has 1 aromatic carbocycles. The summed E-state index contributed by atoms with van der Waals surface area (Å²) in [6.07, 6.45) is 8.41. The summed E-state index contributed by atoms with van der Waals surface area (Å²) in [7, 11) is 0. The van der Waals surface area contributed by atoms with E-state index < -0.39 is 6.04 Å². The molecule has 2 saturated heterocycles. The zero-order valence-corrected chi connectivity index (χ0v) is 19.6. The van der Waals surface area contributed by atoms with Gasteiger partial charge in [0.2, 0.25) is 11.8 Å². The van der Waals surface area contributed by atoms with Crippen molar-refractivity contribution in [3.63, 3.8) is 0 Å². The molecule has 1 aromatic rings. The van der Waals surface area contributed by atoms with Crippen LogP contribution in [-0.4, -0.2) is 47.9 Å². The van der Waals surface area contributed by atoms with Gasteiger partial charge >= 0.3 is 0 Å². The Morgan fingerprint density at radius 1 is 1.06 bits per heavy atom. The summed E-state index contributed by atoms with van der Waals surface area (Å²) < 4.78 is 5.88. The maximum Gasteiger partial charge on any atom is 0.257 e. The summed E-state index contributed by atoms with van der Waals surface area (Å²) in [5.41, 5.74) is 0.154. The van der Waals surface area contributed by atoms with Gasteiger partial charge in [-0.1, -0.05) is 11.6 Å². The number of amides is 3. The van der Waals surface area contributed by atoms with E-state index in [1.54, 1.807) is 29.2 Å². The third-order valence-electron chi connectivity index (χ3n) is 8.76. The molecule has 3 amide bonds. The second-order valence-corrected chi connectivity index (χ2v) is 11.5. The monoisotopic (exact) mass is 470 g/mol. The van der Waals surface area contributed by atoms with Crippen molar-refractivity contribution in [2.45, 2.75) is 69.9 Å². The van der Waals surface area contributed by atoms with Crippen LogP contribution in [0.1, 0.15) is 57.8 Å². The molecule has 4 aliphatic carbocycles. The number of anilines is 1. The highest BCUT2D eigenvalue weighted by Crippen LogP contribution is 2.60. The maximum absolute atomic E-state index is 14.3. The number of halogens is 1. The number of carbonyl (C=O) groups is 3. The van der Waals surface area contributed by atoms with E-state index in [4.69, 9.17) is 16.3 Å². The van der Waals surface area contributed by atoms with Crippen LogP contribution in [0.25, 0.3) is 0 Å². The maximum atomic E-state index is 14.3. The summed E-state index contributed by atoms with van der Waals surface area (Å²) in [4.78, 5) is 43.9. The third kappa shape index (κ3) is 3.70. The van der Waals surface area contributed by atoms with Gasteiger partial charge in [0, 0.05) is 18.2 Å². The fourth-order valence-electron chi connectivity index (χ4n) is 7.76. The zero-order valence-electron chi connectivity index (χ0n) is 18.9. The Bertz CT molecular complexity index is 936. The van der Waals surface area contributed by atoms with Crippen molar-refractivity contribution >= 4 is 35.0 Å². The SMILES string of the molecule is O=C1CC(N(CC2CCCO2)C(=O)C23CC4CC(CC(C4)C2)C3)C(=O)N1c1ccc(Cl)cc1. The first-order valence-electron chi connectivity index (χ1n) is 12.5. The predicted octanol–water partition coefficient (Wildman–Crippen LogP) is 4.20. The van der Waals surface area contributed by atoms with E-state index in [1.807, 2.05) is 0 Å². The number of nitrogens with zero attached hydrogens (tertiary/aromatic N) is 2. The predicted molar refractivity (Wildman–Crippen MR) is 124 cm³/mol. The first-order chi connectivity index (χ1) is 15.9. The lowest BCUT2D eigenvalue weighted by atomic mass is 9.49. The van der Waals surface area contributed by atoms with E-state index in [-0.39, 0.29) is 35.7 Å². The van der Waals surface area contributed by atoms with Crippen molar-refractivity contribution in [2.75, 3.05) is 18.1 Å². The number of carbonyl (C=O) groups excluding carboxylic acids is 3. The van der Waals surface area contributed by atoms with Crippen LogP contribution >= 0.6 is 11.6 Å². The molecule has 7 rings (SSSR count). The molecule has 4 bridgehead atoms. The van der Waals surface area contributed by atoms with Crippen molar-refractivity contribution in [3.05, 3.63) is 29.3 Å². The fourth-order valence-corrected chi connectivity index (χ4v) is 7.88. The minimum atomic E-state index is -0.752. The molecular formula is C26H31ClN2O4. The van der Waals surface area contributed by atoms with Gasteiger partial charge in [-0.2, -0.15) is 0 Å². The van der Waals surface area contributed by atoms with Crippen molar-refractivity contribution in [1.29, 1.82) is 0 Å². The quantitative estimate of drug-likeness (QED) is 0.605. The molecule has 2 atom stereocenters. The first kappa shape index (κ1) is 21.6. The molecule has 2 aliphatic heterocycles. The van der Waals surface area contributed by atoms with Gasteiger partial charge in [0.15, 0.2) is 0 Å². The van der Waals surface area contributed by atoms with Crippen LogP contribution in [0.4, 0.5) is 5.69 Å². The average Bonchev–Trinajstić information content (AvgIpc) is 3.39. The summed E-state index contributed by atoms with van der Waals surface area (Å²) in [5, 5.41) is 0.548. The lowest BCUT2D eigenvalue weighted by Crippen LogP contribution is -2.58. The molecule has 7 heteroatoms. The van der Waals surface area contributed by atoms with Gasteiger partial charge in [-0.05, 0) is 93.4 Å². The highest BCUT2D eigenvalue weighted by atomic mass is 35.5. The number of rotatable bonds is 5. The molecule has 33 heavy (non-hydrogen) atoms. The largest absolute Gasteiger partial charge is 0.376 e. The second kappa shape index (κ2) is 8.09. The number of benzene rings is 1. The Balaban J connectivity index is 1.31. The first-order valence-corrected chi connectivity index (χ1v) is 12.8. The van der Waals surface area contributed by atoms with E-state index in [1.165, 1.54) is 24.2 Å². The van der Waals surface area contributed by atoms with Crippen LogP contribution in [0.5, 0.6) is 0 Å². The highest BCUT2D eigenvalue weighted by molar-refractivity contribution is 6.30. The highest BCUT2D eigenvalue weighted by Gasteiger charge is 2.57. The van der Waals surface area contributed by atoms with Crippen LogP contribution in [-0.2, 0) is 19.1 Å². The minimum Gasteiger partial charge on any atom is -0.376 e. The molecule has 0 radical (unpaired) electrons. The van der Waals surface area contributed by atoms with Crippen LogP contribution in [0.15, 0.2) is 24.3 Å². The Labute approximate surface area is 199 Å². The smallest absolute Gasteiger partial charge is 0.257 e. The topological polar surface area (TPSA) is 66.9 Å². The molecular weight excluding hydrogens is 440 g/mol. The molecule has 0 spiro atoms. The number of hydrogen-bond acceptors (Lipinski definition) is 4. The van der Waals surface area contributed by atoms with Crippen molar-refractivity contribution in [1.82, 2.24) is 4.90 Å². The van der Waals surface area contributed by atoms with Gasteiger partial charge in [0.1, 0.15) is 6.04 Å². The number of hydrogen-bond donors (Lipinski definition) is 0. The molecule has 2 heterocycles. The summed E-state index contributed by atoms with van der Waals surface area (Å²) in [6, 6.07) is 5.97. The molecule has 2 unspecified atom stereocenters.